The van der Waals surface area contributed by atoms with Gasteiger partial charge in [0.25, 0.3) is 5.88 Å². The maximum Gasteiger partial charge on any atom is 0.255 e. The molecule has 0 bridgehead atoms. The normalized spacial score (nSPS) is 10.9. The molecule has 0 aliphatic rings. The van der Waals surface area contributed by atoms with Gasteiger partial charge in [0.15, 0.2) is 5.65 Å². The van der Waals surface area contributed by atoms with Gasteiger partial charge >= 0.3 is 0 Å². The number of hydrogen-bond acceptors (Lipinski definition) is 5. The fraction of sp³-hybridized carbons (Fsp3) is 0.333. The highest BCUT2D eigenvalue weighted by atomic mass is 35.5. The Balaban J connectivity index is 2.34. The van der Waals surface area contributed by atoms with Crippen molar-refractivity contribution in [3.05, 3.63) is 23.0 Å². The van der Waals surface area contributed by atoms with Crippen molar-refractivity contribution in [2.24, 2.45) is 0 Å². The first-order valence-corrected chi connectivity index (χ1v) is 5.75. The van der Waals surface area contributed by atoms with Gasteiger partial charge in [0.05, 0.1) is 6.61 Å². The van der Waals surface area contributed by atoms with Gasteiger partial charge in [-0.05, 0) is 26.0 Å². The number of fused-ring (bicyclic) bond motifs is 1. The third kappa shape index (κ3) is 2.23. The topological polar surface area (TPSA) is 48.7 Å². The minimum atomic E-state index is 0.385. The van der Waals surface area contributed by atoms with Crippen LogP contribution >= 0.6 is 23.9 Å². The molecule has 7 heteroatoms. The maximum atomic E-state index is 5.81. The number of hydrogen-bond donors (Lipinski definition) is 0. The minimum absolute atomic E-state index is 0.385. The molecule has 86 valence electrons. The molecule has 2 heterocycles. The zero-order valence-electron chi connectivity index (χ0n) is 8.81. The van der Waals surface area contributed by atoms with Crippen LogP contribution in [0.3, 0.4) is 0 Å². The lowest BCUT2D eigenvalue weighted by atomic mass is 10.5. The monoisotopic (exact) mass is 259 g/mol. The Morgan fingerprint density at radius 1 is 1.50 bits per heavy atom. The molecule has 0 unspecified atom stereocenters. The summed E-state index contributed by atoms with van der Waals surface area (Å²) in [7, 11) is 0. The second-order valence-electron chi connectivity index (χ2n) is 2.99. The Kier molecular flexibility index (Phi) is 3.52. The average Bonchev–Trinajstić information content (AvgIpc) is 2.56. The van der Waals surface area contributed by atoms with Crippen LogP contribution in [0.1, 0.15) is 12.6 Å². The Labute approximate surface area is 102 Å². The zero-order chi connectivity index (χ0) is 11.5. The summed E-state index contributed by atoms with van der Waals surface area (Å²) >= 11 is 6.71. The van der Waals surface area contributed by atoms with Crippen LogP contribution in [0.25, 0.3) is 5.65 Å². The fourth-order valence-corrected chi connectivity index (χ4v) is 1.74. The standard InChI is InChI=1S/C9H10ClN3O2S/c1-3-14-16-15-9-6(2)11-8-5-4-7(10)12-13(8)9/h4-5H,3H2,1-2H3. The third-order valence-corrected chi connectivity index (χ3v) is 2.60. The van der Waals surface area contributed by atoms with E-state index in [9.17, 15) is 0 Å². The number of aromatic nitrogens is 3. The van der Waals surface area contributed by atoms with E-state index in [1.165, 1.54) is 0 Å². The van der Waals surface area contributed by atoms with E-state index in [1.807, 2.05) is 13.8 Å². The van der Waals surface area contributed by atoms with Crippen LogP contribution < -0.4 is 4.18 Å². The van der Waals surface area contributed by atoms with Crippen molar-refractivity contribution in [3.8, 4) is 5.88 Å². The second kappa shape index (κ2) is 4.90. The molecule has 0 atom stereocenters. The summed E-state index contributed by atoms with van der Waals surface area (Å²) in [6.45, 7) is 4.28. The van der Waals surface area contributed by atoms with Crippen LogP contribution in [-0.4, -0.2) is 21.2 Å². The summed E-state index contributed by atoms with van der Waals surface area (Å²) in [4.78, 5) is 4.28. The molecule has 0 aliphatic carbocycles. The van der Waals surface area contributed by atoms with Crippen molar-refractivity contribution in [2.75, 3.05) is 6.61 Å². The summed E-state index contributed by atoms with van der Waals surface area (Å²) in [6.07, 6.45) is 0. The van der Waals surface area contributed by atoms with E-state index in [0.29, 0.717) is 23.3 Å². The number of rotatable bonds is 4. The van der Waals surface area contributed by atoms with Crippen LogP contribution in [-0.2, 0) is 4.18 Å². The molecular formula is C9H10ClN3O2S. The summed E-state index contributed by atoms with van der Waals surface area (Å²) in [5.74, 6) is 0.524. The van der Waals surface area contributed by atoms with E-state index in [0.717, 1.165) is 18.0 Å². The van der Waals surface area contributed by atoms with Gasteiger partial charge in [-0.2, -0.15) is 9.61 Å². The molecule has 0 saturated heterocycles. The van der Waals surface area contributed by atoms with Crippen LogP contribution in [0.2, 0.25) is 5.15 Å². The first kappa shape index (κ1) is 11.5. The van der Waals surface area contributed by atoms with Crippen LogP contribution in [0.4, 0.5) is 0 Å². The van der Waals surface area contributed by atoms with Gasteiger partial charge in [-0.3, -0.25) is 4.18 Å². The van der Waals surface area contributed by atoms with Gasteiger partial charge in [-0.1, -0.05) is 11.6 Å². The van der Waals surface area contributed by atoms with E-state index < -0.39 is 0 Å². The zero-order valence-corrected chi connectivity index (χ0v) is 10.4. The van der Waals surface area contributed by atoms with Crippen molar-refractivity contribution >= 4 is 29.6 Å². The Bertz CT molecular complexity index is 503. The molecule has 0 aliphatic heterocycles. The van der Waals surface area contributed by atoms with Crippen molar-refractivity contribution in [3.63, 3.8) is 0 Å². The van der Waals surface area contributed by atoms with Crippen LogP contribution in [0, 0.1) is 6.92 Å². The molecule has 0 spiro atoms. The smallest absolute Gasteiger partial charge is 0.255 e. The first-order valence-electron chi connectivity index (χ1n) is 4.70. The molecule has 0 aromatic carbocycles. The number of imidazole rings is 1. The lowest BCUT2D eigenvalue weighted by Crippen LogP contribution is -1.95. The Hall–Kier alpha value is -0.980. The predicted molar refractivity (Wildman–Crippen MR) is 62.6 cm³/mol. The molecule has 2 aromatic heterocycles. The first-order chi connectivity index (χ1) is 7.72. The van der Waals surface area contributed by atoms with Crippen molar-refractivity contribution < 1.29 is 8.37 Å². The van der Waals surface area contributed by atoms with E-state index >= 15 is 0 Å². The predicted octanol–water partition coefficient (Wildman–Crippen LogP) is 2.67. The van der Waals surface area contributed by atoms with E-state index in [4.69, 9.17) is 20.0 Å². The summed E-state index contributed by atoms with van der Waals surface area (Å²) in [6, 6.07) is 3.46. The molecule has 0 N–H and O–H groups in total. The average molecular weight is 260 g/mol. The number of halogens is 1. The summed E-state index contributed by atoms with van der Waals surface area (Å²) in [5, 5.41) is 4.49. The number of aryl methyl sites for hydroxylation is 1. The highest BCUT2D eigenvalue weighted by Crippen LogP contribution is 2.23. The van der Waals surface area contributed by atoms with Crippen molar-refractivity contribution in [1.82, 2.24) is 14.6 Å². The molecule has 16 heavy (non-hydrogen) atoms. The van der Waals surface area contributed by atoms with E-state index in [2.05, 4.69) is 10.1 Å². The minimum Gasteiger partial charge on any atom is -0.377 e. The second-order valence-corrected chi connectivity index (χ2v) is 3.91. The molecule has 0 radical (unpaired) electrons. The summed E-state index contributed by atoms with van der Waals surface area (Å²) < 4.78 is 11.9. The highest BCUT2D eigenvalue weighted by molar-refractivity contribution is 7.90. The van der Waals surface area contributed by atoms with E-state index in [1.54, 1.807) is 16.6 Å². The molecule has 5 nitrogen and oxygen atoms in total. The maximum absolute atomic E-state index is 5.81. The van der Waals surface area contributed by atoms with Gasteiger partial charge in [0, 0.05) is 0 Å². The molecule has 0 fully saturated rings. The third-order valence-electron chi connectivity index (χ3n) is 1.85. The highest BCUT2D eigenvalue weighted by Gasteiger charge is 2.12. The lowest BCUT2D eigenvalue weighted by molar-refractivity contribution is 0.365. The van der Waals surface area contributed by atoms with Crippen molar-refractivity contribution in [2.45, 2.75) is 13.8 Å². The Morgan fingerprint density at radius 2 is 2.31 bits per heavy atom. The van der Waals surface area contributed by atoms with Gasteiger partial charge < -0.3 is 4.18 Å². The number of nitrogens with zero attached hydrogens (tertiary/aromatic N) is 3. The molecule has 0 amide bonds. The lowest BCUT2D eigenvalue weighted by Gasteiger charge is -2.02. The molecule has 2 aromatic rings. The summed E-state index contributed by atoms with van der Waals surface area (Å²) in [5.41, 5.74) is 1.43. The van der Waals surface area contributed by atoms with Crippen molar-refractivity contribution in [1.29, 1.82) is 0 Å². The van der Waals surface area contributed by atoms with Crippen LogP contribution in [0.15, 0.2) is 12.1 Å². The van der Waals surface area contributed by atoms with E-state index in [-0.39, 0.29) is 0 Å². The largest absolute Gasteiger partial charge is 0.377 e. The van der Waals surface area contributed by atoms with Gasteiger partial charge in [0.1, 0.15) is 10.8 Å². The fourth-order valence-electron chi connectivity index (χ4n) is 1.20. The molecule has 2 rings (SSSR count). The molecular weight excluding hydrogens is 250 g/mol. The van der Waals surface area contributed by atoms with Gasteiger partial charge in [-0.15, -0.1) is 0 Å². The Morgan fingerprint density at radius 3 is 3.06 bits per heavy atom. The SMILES string of the molecule is CCOSOc1c(C)nc2ccc(Cl)nn12. The van der Waals surface area contributed by atoms with Crippen LogP contribution in [0.5, 0.6) is 5.88 Å². The van der Waals surface area contributed by atoms with Gasteiger partial charge in [-0.25, -0.2) is 4.98 Å². The quantitative estimate of drug-likeness (QED) is 0.624. The molecule has 0 saturated carbocycles. The van der Waals surface area contributed by atoms with Gasteiger partial charge in [0.2, 0.25) is 12.3 Å².